The van der Waals surface area contributed by atoms with E-state index < -0.39 is 0 Å². The monoisotopic (exact) mass is 366 g/mol. The highest BCUT2D eigenvalue weighted by Gasteiger charge is 2.15. The Morgan fingerprint density at radius 3 is 2.92 bits per heavy atom. The summed E-state index contributed by atoms with van der Waals surface area (Å²) in [5.74, 6) is 0.915. The Bertz CT molecular complexity index is 1070. The lowest BCUT2D eigenvalue weighted by molar-refractivity contribution is -0.119. The van der Waals surface area contributed by atoms with Crippen LogP contribution in [0.2, 0.25) is 0 Å². The number of fused-ring (bicyclic) bond motifs is 3. The number of hydrogen-bond acceptors (Lipinski definition) is 5. The summed E-state index contributed by atoms with van der Waals surface area (Å²) < 4.78 is 7.31. The van der Waals surface area contributed by atoms with Crippen LogP contribution in [0, 0.1) is 6.92 Å². The van der Waals surface area contributed by atoms with Crippen LogP contribution in [0.15, 0.2) is 58.3 Å². The molecule has 4 rings (SSSR count). The fraction of sp³-hybridized carbons (Fsp3) is 0.211. The van der Waals surface area contributed by atoms with Crippen molar-refractivity contribution in [3.05, 3.63) is 60.1 Å². The molecule has 0 aliphatic heterocycles. The molecule has 6 nitrogen and oxygen atoms in total. The van der Waals surface area contributed by atoms with E-state index in [0.717, 1.165) is 27.9 Å². The van der Waals surface area contributed by atoms with Gasteiger partial charge in [0.15, 0.2) is 10.8 Å². The van der Waals surface area contributed by atoms with Gasteiger partial charge < -0.3 is 9.73 Å². The maximum Gasteiger partial charge on any atom is 0.231 e. The summed E-state index contributed by atoms with van der Waals surface area (Å²) in [4.78, 5) is 12.3. The average Bonchev–Trinajstić information content (AvgIpc) is 3.30. The molecule has 26 heavy (non-hydrogen) atoms. The molecule has 0 fully saturated rings. The number of carbonyl (C=O) groups is 1. The van der Waals surface area contributed by atoms with Crippen LogP contribution in [0.3, 0.4) is 0 Å². The largest absolute Gasteiger partial charge is 0.467 e. The van der Waals surface area contributed by atoms with E-state index in [1.807, 2.05) is 47.7 Å². The zero-order valence-electron chi connectivity index (χ0n) is 14.5. The molecule has 0 radical (unpaired) electrons. The van der Waals surface area contributed by atoms with Crippen molar-refractivity contribution in [1.82, 2.24) is 19.9 Å². The molecule has 3 heterocycles. The lowest BCUT2D eigenvalue weighted by Crippen LogP contribution is -2.28. The van der Waals surface area contributed by atoms with Crippen LogP contribution < -0.4 is 5.32 Å². The predicted molar refractivity (Wildman–Crippen MR) is 101 cm³/mol. The van der Waals surface area contributed by atoms with Gasteiger partial charge in [-0.25, -0.2) is 0 Å². The number of para-hydroxylation sites is 1. The second-order valence-electron chi connectivity index (χ2n) is 6.11. The van der Waals surface area contributed by atoms with Crippen molar-refractivity contribution >= 4 is 34.2 Å². The fourth-order valence-electron chi connectivity index (χ4n) is 2.99. The summed E-state index contributed by atoms with van der Waals surface area (Å²) in [5, 5.41) is 13.3. The molecular weight excluding hydrogens is 348 g/mol. The van der Waals surface area contributed by atoms with Crippen LogP contribution in [0.1, 0.15) is 24.3 Å². The minimum Gasteiger partial charge on any atom is -0.467 e. The van der Waals surface area contributed by atoms with E-state index in [0.29, 0.717) is 5.16 Å². The van der Waals surface area contributed by atoms with Gasteiger partial charge in [-0.1, -0.05) is 30.0 Å². The van der Waals surface area contributed by atoms with Gasteiger partial charge in [0, 0.05) is 5.39 Å². The summed E-state index contributed by atoms with van der Waals surface area (Å²) in [7, 11) is 0. The quantitative estimate of drug-likeness (QED) is 0.545. The normalized spacial score (nSPS) is 12.5. The number of aromatic nitrogens is 3. The first kappa shape index (κ1) is 16.7. The highest BCUT2D eigenvalue weighted by molar-refractivity contribution is 7.99. The molecule has 0 bridgehead atoms. The number of benzene rings is 1. The Morgan fingerprint density at radius 1 is 1.27 bits per heavy atom. The number of nitrogens with one attached hydrogen (secondary N) is 1. The first-order valence-corrected chi connectivity index (χ1v) is 9.31. The fourth-order valence-corrected chi connectivity index (χ4v) is 3.75. The molecule has 0 aliphatic rings. The van der Waals surface area contributed by atoms with Crippen molar-refractivity contribution in [3.8, 4) is 0 Å². The maximum atomic E-state index is 12.3. The smallest absolute Gasteiger partial charge is 0.231 e. The average molecular weight is 366 g/mol. The van der Waals surface area contributed by atoms with Crippen molar-refractivity contribution in [2.24, 2.45) is 0 Å². The van der Waals surface area contributed by atoms with Gasteiger partial charge in [-0.3, -0.25) is 9.20 Å². The lowest BCUT2D eigenvalue weighted by Gasteiger charge is -2.11. The van der Waals surface area contributed by atoms with E-state index >= 15 is 0 Å². The first-order valence-electron chi connectivity index (χ1n) is 8.32. The lowest BCUT2D eigenvalue weighted by atomic mass is 10.1. The standard InChI is InChI=1S/C19H18N4O2S/c1-12-10-17-21-22-19(23(17)15-7-4-3-6-14(12)15)26-11-18(24)20-13(2)16-8-5-9-25-16/h3-10,13H,11H2,1-2H3,(H,20,24). The molecule has 1 atom stereocenters. The number of hydrogen-bond donors (Lipinski definition) is 1. The van der Waals surface area contributed by atoms with Crippen molar-refractivity contribution < 1.29 is 9.21 Å². The minimum absolute atomic E-state index is 0.0768. The molecule has 132 valence electrons. The zero-order chi connectivity index (χ0) is 18.1. The summed E-state index contributed by atoms with van der Waals surface area (Å²) in [6.45, 7) is 3.96. The van der Waals surface area contributed by atoms with Crippen LogP contribution in [0.5, 0.6) is 0 Å². The van der Waals surface area contributed by atoms with Gasteiger partial charge >= 0.3 is 0 Å². The third-order valence-corrected chi connectivity index (χ3v) is 5.18. The van der Waals surface area contributed by atoms with Gasteiger partial charge in [0.25, 0.3) is 0 Å². The second-order valence-corrected chi connectivity index (χ2v) is 7.06. The topological polar surface area (TPSA) is 72.4 Å². The molecule has 0 aliphatic carbocycles. The van der Waals surface area contributed by atoms with Crippen LogP contribution >= 0.6 is 11.8 Å². The summed E-state index contributed by atoms with van der Waals surface area (Å²) in [6, 6.07) is 13.6. The number of nitrogens with zero attached hydrogens (tertiary/aromatic N) is 3. The molecule has 1 N–H and O–H groups in total. The number of amides is 1. The van der Waals surface area contributed by atoms with Crippen molar-refractivity contribution in [3.63, 3.8) is 0 Å². The highest BCUT2D eigenvalue weighted by Crippen LogP contribution is 2.25. The second kappa shape index (κ2) is 6.84. The molecule has 3 aromatic heterocycles. The van der Waals surface area contributed by atoms with E-state index in [1.165, 1.54) is 11.8 Å². The molecule has 1 unspecified atom stereocenters. The Hall–Kier alpha value is -2.80. The number of pyridine rings is 1. The predicted octanol–water partition coefficient (Wildman–Crippen LogP) is 3.75. The van der Waals surface area contributed by atoms with Gasteiger partial charge in [-0.2, -0.15) is 0 Å². The van der Waals surface area contributed by atoms with Gasteiger partial charge in [-0.05, 0) is 43.7 Å². The first-order chi connectivity index (χ1) is 12.6. The minimum atomic E-state index is -0.170. The number of thioether (sulfide) groups is 1. The van der Waals surface area contributed by atoms with E-state index in [1.54, 1.807) is 6.26 Å². The van der Waals surface area contributed by atoms with Crippen molar-refractivity contribution in [2.75, 3.05) is 5.75 Å². The molecule has 1 aromatic carbocycles. The van der Waals surface area contributed by atoms with Gasteiger partial charge in [-0.15, -0.1) is 10.2 Å². The number of furan rings is 1. The summed E-state index contributed by atoms with van der Waals surface area (Å²) in [6.07, 6.45) is 1.60. The Labute approximate surface area is 154 Å². The molecule has 4 aromatic rings. The van der Waals surface area contributed by atoms with Crippen LogP contribution in [-0.2, 0) is 4.79 Å². The molecule has 7 heteroatoms. The third-order valence-electron chi connectivity index (χ3n) is 4.25. The Balaban J connectivity index is 1.54. The number of aryl methyl sites for hydroxylation is 1. The van der Waals surface area contributed by atoms with Gasteiger partial charge in [0.1, 0.15) is 5.76 Å². The van der Waals surface area contributed by atoms with Crippen molar-refractivity contribution in [1.29, 1.82) is 0 Å². The molecule has 0 saturated heterocycles. The van der Waals surface area contributed by atoms with E-state index in [4.69, 9.17) is 4.42 Å². The van der Waals surface area contributed by atoms with E-state index in [2.05, 4.69) is 28.5 Å². The van der Waals surface area contributed by atoms with Crippen molar-refractivity contribution in [2.45, 2.75) is 25.0 Å². The van der Waals surface area contributed by atoms with Gasteiger partial charge in [0.05, 0.1) is 23.6 Å². The van der Waals surface area contributed by atoms with Gasteiger partial charge in [0.2, 0.25) is 5.91 Å². The van der Waals surface area contributed by atoms with Crippen LogP contribution in [0.4, 0.5) is 0 Å². The Morgan fingerprint density at radius 2 is 2.12 bits per heavy atom. The van der Waals surface area contributed by atoms with E-state index in [9.17, 15) is 4.79 Å². The van der Waals surface area contributed by atoms with Crippen LogP contribution in [-0.4, -0.2) is 26.3 Å². The van der Waals surface area contributed by atoms with Crippen LogP contribution in [0.25, 0.3) is 16.6 Å². The molecule has 0 saturated carbocycles. The SMILES string of the molecule is Cc1cc2nnc(SCC(=O)NC(C)c3ccco3)n2c2ccccc12. The summed E-state index contributed by atoms with van der Waals surface area (Å²) in [5.41, 5.74) is 2.98. The Kier molecular flexibility index (Phi) is 4.38. The highest BCUT2D eigenvalue weighted by atomic mass is 32.2. The number of rotatable bonds is 5. The third kappa shape index (κ3) is 3.06. The summed E-state index contributed by atoms with van der Waals surface area (Å²) >= 11 is 1.37. The molecule has 1 amide bonds. The molecular formula is C19H18N4O2S. The van der Waals surface area contributed by atoms with E-state index in [-0.39, 0.29) is 17.7 Å². The maximum absolute atomic E-state index is 12.3. The molecule has 0 spiro atoms. The zero-order valence-corrected chi connectivity index (χ0v) is 15.3. The number of carbonyl (C=O) groups excluding carboxylic acids is 1.